The van der Waals surface area contributed by atoms with E-state index in [1.54, 1.807) is 28.8 Å². The summed E-state index contributed by atoms with van der Waals surface area (Å²) in [5.74, 6) is -0.164. The molecule has 0 bridgehead atoms. The van der Waals surface area contributed by atoms with Gasteiger partial charge in [0.1, 0.15) is 0 Å². The number of hydrogen-bond donors (Lipinski definition) is 0. The summed E-state index contributed by atoms with van der Waals surface area (Å²) in [5.41, 5.74) is 2.42. The lowest BCUT2D eigenvalue weighted by Crippen LogP contribution is -2.55. The lowest BCUT2D eigenvalue weighted by atomic mass is 9.95. The Morgan fingerprint density at radius 2 is 1.82 bits per heavy atom. The van der Waals surface area contributed by atoms with E-state index in [2.05, 4.69) is 15.9 Å². The largest absolute Gasteiger partial charge is 0.291 e. The first-order valence-corrected chi connectivity index (χ1v) is 10.8. The number of para-hydroxylation sites is 1. The highest BCUT2D eigenvalue weighted by Crippen LogP contribution is 2.47. The predicted octanol–water partition coefficient (Wildman–Crippen LogP) is 3.96. The summed E-state index contributed by atoms with van der Waals surface area (Å²) in [4.78, 5) is 29.3. The number of anilines is 1. The van der Waals surface area contributed by atoms with Gasteiger partial charge >= 0.3 is 0 Å². The van der Waals surface area contributed by atoms with E-state index in [4.69, 9.17) is 5.10 Å². The van der Waals surface area contributed by atoms with Crippen LogP contribution in [0.25, 0.3) is 0 Å². The lowest BCUT2D eigenvalue weighted by molar-refractivity contribution is -0.136. The van der Waals surface area contributed by atoms with Crippen LogP contribution in [-0.2, 0) is 9.59 Å². The molecular weight excluding hydrogens is 440 g/mol. The van der Waals surface area contributed by atoms with Crippen LogP contribution in [0.4, 0.5) is 5.69 Å². The SMILES string of the molecule is CSC1=NN2C(C(=O)N1C)c1ccccc1N(C(C)=O)C2c1ccc(Br)cc1. The molecule has 144 valence electrons. The zero-order chi connectivity index (χ0) is 20.0. The number of fused-ring (bicyclic) bond motifs is 3. The molecule has 0 aromatic heterocycles. The molecule has 0 aliphatic carbocycles. The van der Waals surface area contributed by atoms with Gasteiger partial charge in [-0.15, -0.1) is 5.10 Å². The van der Waals surface area contributed by atoms with E-state index in [-0.39, 0.29) is 11.8 Å². The number of carbonyl (C=O) groups excluding carboxylic acids is 2. The Morgan fingerprint density at radius 3 is 2.46 bits per heavy atom. The zero-order valence-corrected chi connectivity index (χ0v) is 18.1. The van der Waals surface area contributed by atoms with Gasteiger partial charge in [-0.3, -0.25) is 24.4 Å². The van der Waals surface area contributed by atoms with Crippen LogP contribution in [0, 0.1) is 0 Å². The van der Waals surface area contributed by atoms with Gasteiger partial charge in [-0.2, -0.15) is 0 Å². The van der Waals surface area contributed by atoms with Crippen molar-refractivity contribution in [3.8, 4) is 0 Å². The third kappa shape index (κ3) is 2.91. The van der Waals surface area contributed by atoms with E-state index in [1.165, 1.54) is 11.8 Å². The molecular formula is C20H19BrN4O2S. The maximum atomic E-state index is 13.3. The van der Waals surface area contributed by atoms with Crippen LogP contribution >= 0.6 is 27.7 Å². The molecule has 2 aliphatic heterocycles. The average Bonchev–Trinajstić information content (AvgIpc) is 2.69. The Balaban J connectivity index is 1.99. The fourth-order valence-electron chi connectivity index (χ4n) is 3.73. The molecule has 2 heterocycles. The fraction of sp³-hybridized carbons (Fsp3) is 0.250. The predicted molar refractivity (Wildman–Crippen MR) is 115 cm³/mol. The molecule has 6 nitrogen and oxygen atoms in total. The van der Waals surface area contributed by atoms with E-state index < -0.39 is 12.2 Å². The number of likely N-dealkylation sites (N-methyl/N-ethyl adjacent to an activating group) is 1. The minimum absolute atomic E-state index is 0.0582. The van der Waals surface area contributed by atoms with Crippen molar-refractivity contribution in [2.75, 3.05) is 18.2 Å². The van der Waals surface area contributed by atoms with Crippen molar-refractivity contribution in [1.82, 2.24) is 9.91 Å². The first-order chi connectivity index (χ1) is 13.4. The average molecular weight is 459 g/mol. The Hall–Kier alpha value is -2.32. The van der Waals surface area contributed by atoms with E-state index in [0.29, 0.717) is 5.17 Å². The Kier molecular flexibility index (Phi) is 4.93. The second-order valence-corrected chi connectivity index (χ2v) is 8.33. The Morgan fingerprint density at radius 1 is 1.14 bits per heavy atom. The van der Waals surface area contributed by atoms with Crippen LogP contribution in [0.5, 0.6) is 0 Å². The molecule has 8 heteroatoms. The number of amidine groups is 1. The third-order valence-corrected chi connectivity index (χ3v) is 6.24. The first-order valence-electron chi connectivity index (χ1n) is 8.76. The summed E-state index contributed by atoms with van der Waals surface area (Å²) < 4.78 is 0.946. The minimum atomic E-state index is -0.582. The smallest absolute Gasteiger partial charge is 0.257 e. The van der Waals surface area contributed by atoms with Crippen molar-refractivity contribution < 1.29 is 9.59 Å². The van der Waals surface area contributed by atoms with Gasteiger partial charge in [0.15, 0.2) is 17.4 Å². The van der Waals surface area contributed by atoms with Crippen molar-refractivity contribution in [2.45, 2.75) is 19.1 Å². The number of carbonyl (C=O) groups is 2. The van der Waals surface area contributed by atoms with Crippen LogP contribution in [0.1, 0.15) is 30.3 Å². The van der Waals surface area contributed by atoms with Crippen LogP contribution in [0.15, 0.2) is 58.1 Å². The molecule has 2 aromatic carbocycles. The molecule has 0 fully saturated rings. The molecule has 2 atom stereocenters. The summed E-state index contributed by atoms with van der Waals surface area (Å²) in [6, 6.07) is 14.7. The summed E-state index contributed by atoms with van der Waals surface area (Å²) in [5, 5.41) is 7.15. The molecule has 2 aliphatic rings. The van der Waals surface area contributed by atoms with E-state index in [1.807, 2.05) is 54.8 Å². The third-order valence-electron chi connectivity index (χ3n) is 4.99. The van der Waals surface area contributed by atoms with Gasteiger partial charge < -0.3 is 0 Å². The number of hydrazone groups is 1. The Labute approximate surface area is 176 Å². The highest BCUT2D eigenvalue weighted by molar-refractivity contribution is 9.10. The van der Waals surface area contributed by atoms with Crippen LogP contribution in [0.3, 0.4) is 0 Å². The van der Waals surface area contributed by atoms with Gasteiger partial charge in [0.2, 0.25) is 5.91 Å². The molecule has 0 spiro atoms. The number of hydrogen-bond acceptors (Lipinski definition) is 5. The number of nitrogens with zero attached hydrogens (tertiary/aromatic N) is 4. The van der Waals surface area contributed by atoms with Gasteiger partial charge in [0.25, 0.3) is 5.91 Å². The summed E-state index contributed by atoms with van der Waals surface area (Å²) in [6.07, 6.45) is 1.38. The normalized spacial score (nSPS) is 21.2. The molecule has 0 saturated carbocycles. The van der Waals surface area contributed by atoms with Crippen molar-refractivity contribution in [2.24, 2.45) is 5.10 Å². The molecule has 4 rings (SSSR count). The fourth-order valence-corrected chi connectivity index (χ4v) is 4.53. The molecule has 2 aromatic rings. The number of amides is 2. The molecule has 2 amide bonds. The van der Waals surface area contributed by atoms with Gasteiger partial charge in [0, 0.05) is 24.0 Å². The lowest BCUT2D eigenvalue weighted by Gasteiger charge is -2.49. The van der Waals surface area contributed by atoms with Crippen molar-refractivity contribution in [3.63, 3.8) is 0 Å². The van der Waals surface area contributed by atoms with E-state index in [9.17, 15) is 9.59 Å². The van der Waals surface area contributed by atoms with Crippen molar-refractivity contribution >= 4 is 50.4 Å². The quantitative estimate of drug-likeness (QED) is 0.648. The minimum Gasteiger partial charge on any atom is -0.291 e. The molecule has 0 saturated heterocycles. The molecule has 0 radical (unpaired) electrons. The number of rotatable bonds is 1. The maximum Gasteiger partial charge on any atom is 0.257 e. The molecule has 0 N–H and O–H groups in total. The number of halogens is 1. The van der Waals surface area contributed by atoms with Crippen molar-refractivity contribution in [3.05, 3.63) is 64.1 Å². The molecule has 2 unspecified atom stereocenters. The highest BCUT2D eigenvalue weighted by Gasteiger charge is 2.48. The van der Waals surface area contributed by atoms with Gasteiger partial charge in [-0.25, -0.2) is 0 Å². The van der Waals surface area contributed by atoms with Crippen LogP contribution in [-0.4, -0.2) is 40.2 Å². The van der Waals surface area contributed by atoms with E-state index in [0.717, 1.165) is 21.3 Å². The summed E-state index contributed by atoms with van der Waals surface area (Å²) >= 11 is 4.87. The molecule has 28 heavy (non-hydrogen) atoms. The second kappa shape index (κ2) is 7.25. The second-order valence-electron chi connectivity index (χ2n) is 6.64. The van der Waals surface area contributed by atoms with Gasteiger partial charge in [-0.1, -0.05) is 58.0 Å². The Bertz CT molecular complexity index is 978. The standard InChI is InChI=1S/C20H19BrN4O2S/c1-12(26)24-16-7-5-4-6-15(16)17-19(27)23(2)20(28-3)22-25(17)18(24)13-8-10-14(21)11-9-13/h4-11,17-18H,1-3H3. The van der Waals surface area contributed by atoms with Gasteiger partial charge in [-0.05, 0) is 30.0 Å². The monoisotopic (exact) mass is 458 g/mol. The first kappa shape index (κ1) is 19.0. The number of benzene rings is 2. The summed E-state index contributed by atoms with van der Waals surface area (Å²) in [6.45, 7) is 1.54. The van der Waals surface area contributed by atoms with Crippen molar-refractivity contribution in [1.29, 1.82) is 0 Å². The topological polar surface area (TPSA) is 56.2 Å². The summed E-state index contributed by atoms with van der Waals surface area (Å²) in [7, 11) is 1.74. The highest BCUT2D eigenvalue weighted by atomic mass is 79.9. The van der Waals surface area contributed by atoms with Crippen LogP contribution in [0.2, 0.25) is 0 Å². The number of thioether (sulfide) groups is 1. The zero-order valence-electron chi connectivity index (χ0n) is 15.7. The van der Waals surface area contributed by atoms with Gasteiger partial charge in [0.05, 0.1) is 5.69 Å². The van der Waals surface area contributed by atoms with E-state index >= 15 is 0 Å². The maximum absolute atomic E-state index is 13.3. The van der Waals surface area contributed by atoms with Crippen LogP contribution < -0.4 is 4.90 Å².